The quantitative estimate of drug-likeness (QED) is 0.698. The van der Waals surface area contributed by atoms with Crippen molar-refractivity contribution in [2.75, 3.05) is 13.1 Å². The van der Waals surface area contributed by atoms with Crippen molar-refractivity contribution in [2.45, 2.75) is 25.7 Å². The van der Waals surface area contributed by atoms with Crippen LogP contribution < -0.4 is 0 Å². The molecule has 1 aromatic carbocycles. The third kappa shape index (κ3) is 3.74. The SMILES string of the molecule is Cc1nc(C(=O)N2CCC[C@H](c3cccc(-c4cccc(F)c4)n3)C2)co1. The Morgan fingerprint density at radius 3 is 2.85 bits per heavy atom. The average molecular weight is 365 g/mol. The van der Waals surface area contributed by atoms with Crippen LogP contribution in [0.25, 0.3) is 11.3 Å². The lowest BCUT2D eigenvalue weighted by molar-refractivity contribution is 0.0700. The van der Waals surface area contributed by atoms with Crippen molar-refractivity contribution >= 4 is 5.91 Å². The molecule has 5 nitrogen and oxygen atoms in total. The van der Waals surface area contributed by atoms with E-state index in [0.717, 1.165) is 29.8 Å². The van der Waals surface area contributed by atoms with Crippen molar-refractivity contribution in [3.8, 4) is 11.3 Å². The number of benzene rings is 1. The summed E-state index contributed by atoms with van der Waals surface area (Å²) in [6.07, 6.45) is 3.27. The lowest BCUT2D eigenvalue weighted by Gasteiger charge is -2.32. The molecule has 1 saturated heterocycles. The first kappa shape index (κ1) is 17.4. The predicted molar refractivity (Wildman–Crippen MR) is 98.7 cm³/mol. The summed E-state index contributed by atoms with van der Waals surface area (Å²) >= 11 is 0. The molecular weight excluding hydrogens is 345 g/mol. The van der Waals surface area contributed by atoms with Crippen LogP contribution >= 0.6 is 0 Å². The predicted octanol–water partition coefficient (Wildman–Crippen LogP) is 4.20. The number of aromatic nitrogens is 2. The minimum Gasteiger partial charge on any atom is -0.448 e. The van der Waals surface area contributed by atoms with Crippen molar-refractivity contribution in [1.29, 1.82) is 0 Å². The third-order valence-electron chi connectivity index (χ3n) is 4.86. The lowest BCUT2D eigenvalue weighted by atomic mass is 9.93. The van der Waals surface area contributed by atoms with Crippen molar-refractivity contribution < 1.29 is 13.6 Å². The molecule has 0 saturated carbocycles. The lowest BCUT2D eigenvalue weighted by Crippen LogP contribution is -2.39. The molecule has 4 rings (SSSR count). The Morgan fingerprint density at radius 2 is 2.07 bits per heavy atom. The monoisotopic (exact) mass is 365 g/mol. The molecule has 0 radical (unpaired) electrons. The molecule has 1 aliphatic heterocycles. The standard InChI is InChI=1S/C21H20FN3O2/c1-14-23-20(13-27-14)21(26)25-10-4-6-16(12-25)19-9-3-8-18(24-19)15-5-2-7-17(22)11-15/h2-3,5,7-9,11,13,16H,4,6,10,12H2,1H3/t16-/m0/s1. The highest BCUT2D eigenvalue weighted by Crippen LogP contribution is 2.28. The van der Waals surface area contributed by atoms with Gasteiger partial charge in [-0.1, -0.05) is 18.2 Å². The molecule has 0 N–H and O–H groups in total. The second-order valence-corrected chi connectivity index (χ2v) is 6.80. The highest BCUT2D eigenvalue weighted by molar-refractivity contribution is 5.92. The molecule has 1 amide bonds. The number of amides is 1. The maximum Gasteiger partial charge on any atom is 0.275 e. The van der Waals surface area contributed by atoms with Gasteiger partial charge in [-0.2, -0.15) is 0 Å². The van der Waals surface area contributed by atoms with Crippen LogP contribution in [0.15, 0.2) is 53.1 Å². The fraction of sp³-hybridized carbons (Fsp3) is 0.286. The Hall–Kier alpha value is -3.02. The van der Waals surface area contributed by atoms with Gasteiger partial charge in [-0.15, -0.1) is 0 Å². The van der Waals surface area contributed by atoms with Gasteiger partial charge >= 0.3 is 0 Å². The summed E-state index contributed by atoms with van der Waals surface area (Å²) in [6, 6.07) is 12.2. The normalized spacial score (nSPS) is 17.1. The Labute approximate surface area is 156 Å². The smallest absolute Gasteiger partial charge is 0.275 e. The highest BCUT2D eigenvalue weighted by Gasteiger charge is 2.27. The highest BCUT2D eigenvalue weighted by atomic mass is 19.1. The summed E-state index contributed by atoms with van der Waals surface area (Å²) in [5.41, 5.74) is 2.75. The van der Waals surface area contributed by atoms with E-state index in [1.54, 1.807) is 13.0 Å². The van der Waals surface area contributed by atoms with Crippen molar-refractivity contribution in [3.05, 3.63) is 71.8 Å². The van der Waals surface area contributed by atoms with Crippen LogP contribution in [0.3, 0.4) is 0 Å². The van der Waals surface area contributed by atoms with Crippen LogP contribution in [-0.2, 0) is 0 Å². The number of carbonyl (C=O) groups excluding carboxylic acids is 1. The van der Waals surface area contributed by atoms with Gasteiger partial charge in [0, 0.05) is 37.2 Å². The fourth-order valence-electron chi connectivity index (χ4n) is 3.51. The zero-order chi connectivity index (χ0) is 18.8. The largest absolute Gasteiger partial charge is 0.448 e. The van der Waals surface area contributed by atoms with E-state index in [2.05, 4.69) is 4.98 Å². The van der Waals surface area contributed by atoms with E-state index >= 15 is 0 Å². The zero-order valence-corrected chi connectivity index (χ0v) is 15.1. The summed E-state index contributed by atoms with van der Waals surface area (Å²) in [5, 5.41) is 0. The average Bonchev–Trinajstić information content (AvgIpc) is 3.14. The summed E-state index contributed by atoms with van der Waals surface area (Å²) in [5.74, 6) is 0.232. The molecule has 0 bridgehead atoms. The van der Waals surface area contributed by atoms with Gasteiger partial charge in [0.25, 0.3) is 5.91 Å². The number of piperidine rings is 1. The van der Waals surface area contributed by atoms with Gasteiger partial charge in [0.2, 0.25) is 0 Å². The summed E-state index contributed by atoms with van der Waals surface area (Å²) in [7, 11) is 0. The molecule has 0 unspecified atom stereocenters. The molecule has 6 heteroatoms. The van der Waals surface area contributed by atoms with Crippen LogP contribution in [0.4, 0.5) is 4.39 Å². The summed E-state index contributed by atoms with van der Waals surface area (Å²) in [6.45, 7) is 3.01. The second-order valence-electron chi connectivity index (χ2n) is 6.80. The fourth-order valence-corrected chi connectivity index (χ4v) is 3.51. The Kier molecular flexibility index (Phi) is 4.71. The van der Waals surface area contributed by atoms with E-state index in [0.29, 0.717) is 24.7 Å². The molecule has 138 valence electrons. The molecule has 3 aromatic rings. The van der Waals surface area contributed by atoms with Crippen molar-refractivity contribution in [1.82, 2.24) is 14.9 Å². The molecule has 2 aromatic heterocycles. The molecular formula is C21H20FN3O2. The zero-order valence-electron chi connectivity index (χ0n) is 15.1. The van der Waals surface area contributed by atoms with E-state index < -0.39 is 0 Å². The number of oxazole rings is 1. The van der Waals surface area contributed by atoms with Gasteiger partial charge in [0.1, 0.15) is 12.1 Å². The number of aryl methyl sites for hydroxylation is 1. The number of carbonyl (C=O) groups is 1. The van der Waals surface area contributed by atoms with Gasteiger partial charge in [0.15, 0.2) is 11.6 Å². The molecule has 0 aliphatic carbocycles. The number of hydrogen-bond donors (Lipinski definition) is 0. The first-order chi connectivity index (χ1) is 13.1. The number of pyridine rings is 1. The van der Waals surface area contributed by atoms with Gasteiger partial charge in [0.05, 0.1) is 5.69 Å². The van der Waals surface area contributed by atoms with Gasteiger partial charge in [-0.3, -0.25) is 9.78 Å². The molecule has 1 atom stereocenters. The molecule has 27 heavy (non-hydrogen) atoms. The van der Waals surface area contributed by atoms with Crippen molar-refractivity contribution in [2.24, 2.45) is 0 Å². The summed E-state index contributed by atoms with van der Waals surface area (Å²) in [4.78, 5) is 23.3. The first-order valence-electron chi connectivity index (χ1n) is 9.04. The van der Waals surface area contributed by atoms with E-state index in [-0.39, 0.29) is 17.6 Å². The minimum absolute atomic E-state index is 0.113. The molecule has 1 fully saturated rings. The van der Waals surface area contributed by atoms with Gasteiger partial charge in [-0.05, 0) is 37.1 Å². The van der Waals surface area contributed by atoms with Crippen LogP contribution in [0, 0.1) is 12.7 Å². The van der Waals surface area contributed by atoms with Crippen LogP contribution in [0.1, 0.15) is 40.8 Å². The Balaban J connectivity index is 1.55. The Morgan fingerprint density at radius 1 is 1.22 bits per heavy atom. The van der Waals surface area contributed by atoms with E-state index in [1.165, 1.54) is 18.4 Å². The van der Waals surface area contributed by atoms with Crippen molar-refractivity contribution in [3.63, 3.8) is 0 Å². The topological polar surface area (TPSA) is 59.2 Å². The number of rotatable bonds is 3. The third-order valence-corrected chi connectivity index (χ3v) is 4.86. The maximum absolute atomic E-state index is 13.5. The van der Waals surface area contributed by atoms with Gasteiger partial charge < -0.3 is 9.32 Å². The molecule has 3 heterocycles. The van der Waals surface area contributed by atoms with Crippen LogP contribution in [-0.4, -0.2) is 33.9 Å². The number of nitrogens with zero attached hydrogens (tertiary/aromatic N) is 3. The van der Waals surface area contributed by atoms with Crippen LogP contribution in [0.5, 0.6) is 0 Å². The first-order valence-corrected chi connectivity index (χ1v) is 9.04. The second kappa shape index (κ2) is 7.31. The number of likely N-dealkylation sites (tertiary alicyclic amines) is 1. The van der Waals surface area contributed by atoms with E-state index in [9.17, 15) is 9.18 Å². The van der Waals surface area contributed by atoms with Gasteiger partial charge in [-0.25, -0.2) is 9.37 Å². The summed E-state index contributed by atoms with van der Waals surface area (Å²) < 4.78 is 18.7. The molecule has 1 aliphatic rings. The Bertz CT molecular complexity index is 969. The molecule has 0 spiro atoms. The maximum atomic E-state index is 13.5. The van der Waals surface area contributed by atoms with E-state index in [1.807, 2.05) is 29.2 Å². The number of hydrogen-bond acceptors (Lipinski definition) is 4. The number of halogens is 1. The van der Waals surface area contributed by atoms with E-state index in [4.69, 9.17) is 9.40 Å². The minimum atomic E-state index is -0.281. The van der Waals surface area contributed by atoms with Crippen LogP contribution in [0.2, 0.25) is 0 Å².